The molecule has 0 amide bonds. The number of ether oxygens (including phenoxy) is 1. The fourth-order valence-electron chi connectivity index (χ4n) is 1.41. The molecule has 0 radical (unpaired) electrons. The van der Waals surface area contributed by atoms with Crippen LogP contribution in [-0.4, -0.2) is 23.5 Å². The second kappa shape index (κ2) is 6.60. The van der Waals surface area contributed by atoms with Gasteiger partial charge in [-0.05, 0) is 18.4 Å². The van der Waals surface area contributed by atoms with Crippen LogP contribution in [0.3, 0.4) is 0 Å². The van der Waals surface area contributed by atoms with Gasteiger partial charge in [-0.25, -0.2) is 0 Å². The van der Waals surface area contributed by atoms with Crippen LogP contribution in [0.25, 0.3) is 0 Å². The molecular weight excluding hydrogens is 274 g/mol. The van der Waals surface area contributed by atoms with E-state index in [2.05, 4.69) is 15.9 Å². The van der Waals surface area contributed by atoms with E-state index in [1.807, 2.05) is 6.07 Å². The number of non-ortho nitro benzene ring substituents is 1. The third-order valence-corrected chi connectivity index (χ3v) is 2.94. The number of nitro benzene ring substituents is 1. The standard InChI is InChI=1S/C11H14BrNO3/c1-16-8-10(12)6-5-9-3-2-4-11(7-9)13(14)15/h2-4,7,10H,5-6,8H2,1H3. The van der Waals surface area contributed by atoms with Gasteiger partial charge in [0, 0.05) is 24.1 Å². The van der Waals surface area contributed by atoms with Crippen LogP contribution < -0.4 is 0 Å². The fourth-order valence-corrected chi connectivity index (χ4v) is 1.91. The maximum absolute atomic E-state index is 10.6. The van der Waals surface area contributed by atoms with Crippen molar-refractivity contribution < 1.29 is 9.66 Å². The van der Waals surface area contributed by atoms with Gasteiger partial charge in [0.1, 0.15) is 0 Å². The summed E-state index contributed by atoms with van der Waals surface area (Å²) in [6, 6.07) is 6.74. The molecule has 1 aromatic carbocycles. The summed E-state index contributed by atoms with van der Waals surface area (Å²) in [6.07, 6.45) is 1.70. The van der Waals surface area contributed by atoms with Crippen molar-refractivity contribution in [2.24, 2.45) is 0 Å². The second-order valence-electron chi connectivity index (χ2n) is 3.52. The molecule has 0 heterocycles. The molecule has 1 atom stereocenters. The molecule has 1 rings (SSSR count). The van der Waals surface area contributed by atoms with Crippen molar-refractivity contribution in [3.05, 3.63) is 39.9 Å². The van der Waals surface area contributed by atoms with E-state index < -0.39 is 0 Å². The topological polar surface area (TPSA) is 52.4 Å². The monoisotopic (exact) mass is 287 g/mol. The van der Waals surface area contributed by atoms with Crippen molar-refractivity contribution in [3.63, 3.8) is 0 Å². The van der Waals surface area contributed by atoms with Gasteiger partial charge in [-0.1, -0.05) is 28.1 Å². The summed E-state index contributed by atoms with van der Waals surface area (Å²) < 4.78 is 5.00. The van der Waals surface area contributed by atoms with Crippen molar-refractivity contribution in [1.82, 2.24) is 0 Å². The zero-order chi connectivity index (χ0) is 12.0. The Labute approximate surface area is 103 Å². The van der Waals surface area contributed by atoms with Crippen LogP contribution in [0.2, 0.25) is 0 Å². The molecule has 0 aliphatic carbocycles. The zero-order valence-corrected chi connectivity index (χ0v) is 10.6. The first kappa shape index (κ1) is 13.1. The number of methoxy groups -OCH3 is 1. The highest BCUT2D eigenvalue weighted by Crippen LogP contribution is 2.16. The maximum Gasteiger partial charge on any atom is 0.269 e. The molecule has 1 aromatic rings. The van der Waals surface area contributed by atoms with Gasteiger partial charge in [0.05, 0.1) is 11.5 Å². The largest absolute Gasteiger partial charge is 0.384 e. The van der Waals surface area contributed by atoms with E-state index in [1.165, 1.54) is 6.07 Å². The molecule has 16 heavy (non-hydrogen) atoms. The highest BCUT2D eigenvalue weighted by molar-refractivity contribution is 9.09. The lowest BCUT2D eigenvalue weighted by atomic mass is 10.1. The van der Waals surface area contributed by atoms with Crippen LogP contribution in [0.4, 0.5) is 5.69 Å². The number of nitrogens with zero attached hydrogens (tertiary/aromatic N) is 1. The summed E-state index contributed by atoms with van der Waals surface area (Å²) in [5.41, 5.74) is 1.13. The first-order chi connectivity index (χ1) is 7.63. The highest BCUT2D eigenvalue weighted by Gasteiger charge is 2.08. The zero-order valence-electron chi connectivity index (χ0n) is 9.06. The normalized spacial score (nSPS) is 12.4. The summed E-state index contributed by atoms with van der Waals surface area (Å²) in [7, 11) is 1.65. The minimum atomic E-state index is -0.371. The molecule has 4 nitrogen and oxygen atoms in total. The molecule has 0 aliphatic heterocycles. The Morgan fingerprint density at radius 1 is 1.56 bits per heavy atom. The lowest BCUT2D eigenvalue weighted by Crippen LogP contribution is -2.07. The van der Waals surface area contributed by atoms with Crippen LogP contribution in [-0.2, 0) is 11.2 Å². The van der Waals surface area contributed by atoms with Gasteiger partial charge in [-0.3, -0.25) is 10.1 Å². The number of hydrogen-bond acceptors (Lipinski definition) is 3. The smallest absolute Gasteiger partial charge is 0.269 e. The van der Waals surface area contributed by atoms with E-state index in [1.54, 1.807) is 19.2 Å². The number of benzene rings is 1. The molecule has 0 aromatic heterocycles. The Balaban J connectivity index is 2.54. The molecular formula is C11H14BrNO3. The van der Waals surface area contributed by atoms with Gasteiger partial charge >= 0.3 is 0 Å². The van der Waals surface area contributed by atoms with Crippen molar-refractivity contribution in [1.29, 1.82) is 0 Å². The molecule has 0 spiro atoms. The SMILES string of the molecule is COCC(Br)CCc1cccc([N+](=O)[O-])c1. The van der Waals surface area contributed by atoms with Gasteiger partial charge in [0.15, 0.2) is 0 Å². The van der Waals surface area contributed by atoms with E-state index in [0.29, 0.717) is 6.61 Å². The quantitative estimate of drug-likeness (QED) is 0.459. The lowest BCUT2D eigenvalue weighted by molar-refractivity contribution is -0.384. The molecule has 88 valence electrons. The van der Waals surface area contributed by atoms with Gasteiger partial charge in [-0.15, -0.1) is 0 Å². The van der Waals surface area contributed by atoms with Crippen LogP contribution in [0.15, 0.2) is 24.3 Å². The van der Waals surface area contributed by atoms with Gasteiger partial charge in [0.25, 0.3) is 5.69 Å². The predicted octanol–water partition coefficient (Wildman–Crippen LogP) is 2.94. The molecule has 0 fully saturated rings. The average Bonchev–Trinajstić information content (AvgIpc) is 2.27. The Morgan fingerprint density at radius 2 is 2.31 bits per heavy atom. The Hall–Kier alpha value is -0.940. The summed E-state index contributed by atoms with van der Waals surface area (Å²) in [6.45, 7) is 0.648. The van der Waals surface area contributed by atoms with E-state index in [4.69, 9.17) is 4.74 Å². The third kappa shape index (κ3) is 4.28. The third-order valence-electron chi connectivity index (χ3n) is 2.22. The number of rotatable bonds is 6. The number of hydrogen-bond donors (Lipinski definition) is 0. The molecule has 5 heteroatoms. The molecule has 1 unspecified atom stereocenters. The molecule has 0 saturated heterocycles. The second-order valence-corrected chi connectivity index (χ2v) is 4.81. The summed E-state index contributed by atoms with van der Waals surface area (Å²) in [4.78, 5) is 10.5. The summed E-state index contributed by atoms with van der Waals surface area (Å²) in [5, 5.41) is 10.6. The van der Waals surface area contributed by atoms with Gasteiger partial charge in [-0.2, -0.15) is 0 Å². The van der Waals surface area contributed by atoms with Crippen LogP contribution >= 0.6 is 15.9 Å². The molecule has 0 bridgehead atoms. The predicted molar refractivity (Wildman–Crippen MR) is 66.0 cm³/mol. The molecule has 0 saturated carbocycles. The first-order valence-corrected chi connectivity index (χ1v) is 5.91. The van der Waals surface area contributed by atoms with E-state index in [-0.39, 0.29) is 15.4 Å². The number of aryl methyl sites for hydroxylation is 1. The first-order valence-electron chi connectivity index (χ1n) is 5.00. The molecule has 0 aliphatic rings. The van der Waals surface area contributed by atoms with Crippen molar-refractivity contribution in [2.75, 3.05) is 13.7 Å². The van der Waals surface area contributed by atoms with Gasteiger partial charge < -0.3 is 4.74 Å². The van der Waals surface area contributed by atoms with Crippen molar-refractivity contribution >= 4 is 21.6 Å². The Kier molecular flexibility index (Phi) is 5.42. The summed E-state index contributed by atoms with van der Waals surface area (Å²) in [5.74, 6) is 0. The summed E-state index contributed by atoms with van der Waals surface area (Å²) >= 11 is 3.48. The van der Waals surface area contributed by atoms with Crippen LogP contribution in [0, 0.1) is 10.1 Å². The number of alkyl halides is 1. The van der Waals surface area contributed by atoms with E-state index >= 15 is 0 Å². The van der Waals surface area contributed by atoms with E-state index in [0.717, 1.165) is 18.4 Å². The average molecular weight is 288 g/mol. The highest BCUT2D eigenvalue weighted by atomic mass is 79.9. The molecule has 0 N–H and O–H groups in total. The minimum Gasteiger partial charge on any atom is -0.384 e. The Morgan fingerprint density at radius 3 is 2.94 bits per heavy atom. The number of halogens is 1. The fraction of sp³-hybridized carbons (Fsp3) is 0.455. The lowest BCUT2D eigenvalue weighted by Gasteiger charge is -2.07. The maximum atomic E-state index is 10.6. The van der Waals surface area contributed by atoms with E-state index in [9.17, 15) is 10.1 Å². The Bertz CT molecular complexity index is 357. The van der Waals surface area contributed by atoms with Crippen molar-refractivity contribution in [3.8, 4) is 0 Å². The minimum absolute atomic E-state index is 0.148. The van der Waals surface area contributed by atoms with Crippen LogP contribution in [0.5, 0.6) is 0 Å². The van der Waals surface area contributed by atoms with Crippen molar-refractivity contribution in [2.45, 2.75) is 17.7 Å². The number of nitro groups is 1. The van der Waals surface area contributed by atoms with Crippen LogP contribution in [0.1, 0.15) is 12.0 Å². The van der Waals surface area contributed by atoms with Gasteiger partial charge in [0.2, 0.25) is 0 Å².